The van der Waals surface area contributed by atoms with Crippen molar-refractivity contribution in [1.29, 1.82) is 0 Å². The molecular formula is C26H28N2O6. The van der Waals surface area contributed by atoms with Gasteiger partial charge in [-0.2, -0.15) is 0 Å². The van der Waals surface area contributed by atoms with Gasteiger partial charge in [0.1, 0.15) is 22.8 Å². The van der Waals surface area contributed by atoms with Gasteiger partial charge in [0.2, 0.25) is 0 Å². The Kier molecular flexibility index (Phi) is 5.36. The maximum Gasteiger partial charge on any atom is 0.255 e. The van der Waals surface area contributed by atoms with Crippen LogP contribution in [0.3, 0.4) is 0 Å². The first-order valence-corrected chi connectivity index (χ1v) is 11.7. The zero-order valence-electron chi connectivity index (χ0n) is 19.0. The molecule has 1 aliphatic heterocycles. The van der Waals surface area contributed by atoms with Crippen molar-refractivity contribution < 1.29 is 29.7 Å². The van der Waals surface area contributed by atoms with Crippen LogP contribution in [0.5, 0.6) is 5.75 Å². The molecule has 3 aliphatic carbocycles. The molecule has 0 aromatic heterocycles. The second-order valence-corrected chi connectivity index (χ2v) is 9.67. The average molecular weight is 465 g/mol. The minimum absolute atomic E-state index is 0.0334. The molecule has 1 aromatic rings. The summed E-state index contributed by atoms with van der Waals surface area (Å²) in [5, 5.41) is 33.2. The number of aryl methyl sites for hydroxylation is 1. The van der Waals surface area contributed by atoms with Gasteiger partial charge in [0.05, 0.1) is 11.5 Å². The molecule has 178 valence electrons. The highest BCUT2D eigenvalue weighted by atomic mass is 16.3. The van der Waals surface area contributed by atoms with E-state index >= 15 is 0 Å². The molecule has 1 fully saturated rings. The van der Waals surface area contributed by atoms with Crippen LogP contribution < -0.4 is 5.73 Å². The number of allylic oxidation sites excluding steroid dienone is 2. The molecule has 0 bridgehead atoms. The molecule has 5 rings (SSSR count). The number of carbonyl (C=O) groups excluding carboxylic acids is 3. The monoisotopic (exact) mass is 464 g/mol. The molecule has 5 N–H and O–H groups in total. The van der Waals surface area contributed by atoms with Crippen LogP contribution in [0.1, 0.15) is 42.0 Å². The van der Waals surface area contributed by atoms with Crippen molar-refractivity contribution in [2.24, 2.45) is 23.5 Å². The normalized spacial score (nSPS) is 26.6. The summed E-state index contributed by atoms with van der Waals surface area (Å²) in [6.45, 7) is 4.08. The smallest absolute Gasteiger partial charge is 0.255 e. The number of aliphatic hydroxyl groups is 2. The van der Waals surface area contributed by atoms with Gasteiger partial charge in [-0.05, 0) is 42.2 Å². The quantitative estimate of drug-likeness (QED) is 0.396. The van der Waals surface area contributed by atoms with Crippen molar-refractivity contribution in [3.8, 4) is 5.75 Å². The van der Waals surface area contributed by atoms with Crippen LogP contribution in [0.2, 0.25) is 0 Å². The van der Waals surface area contributed by atoms with E-state index < -0.39 is 40.6 Å². The summed E-state index contributed by atoms with van der Waals surface area (Å²) in [5.74, 6) is -4.93. The number of benzene rings is 1. The molecule has 8 nitrogen and oxygen atoms in total. The first kappa shape index (κ1) is 22.4. The number of carbonyl (C=O) groups is 3. The first-order chi connectivity index (χ1) is 16.2. The molecule has 0 saturated heterocycles. The van der Waals surface area contributed by atoms with E-state index in [1.54, 1.807) is 0 Å². The van der Waals surface area contributed by atoms with Crippen LogP contribution in [0.15, 0.2) is 35.1 Å². The lowest BCUT2D eigenvalue weighted by Crippen LogP contribution is -2.44. The Morgan fingerprint density at radius 2 is 1.82 bits per heavy atom. The number of phenols is 1. The number of phenolic OH excluding ortho intramolecular Hbond substituents is 1. The summed E-state index contributed by atoms with van der Waals surface area (Å²) < 4.78 is 0. The number of ketones is 2. The third kappa shape index (κ3) is 3.27. The predicted molar refractivity (Wildman–Crippen MR) is 124 cm³/mol. The zero-order chi connectivity index (χ0) is 24.3. The van der Waals surface area contributed by atoms with Gasteiger partial charge >= 0.3 is 0 Å². The number of rotatable bonds is 4. The highest BCUT2D eigenvalue weighted by molar-refractivity contribution is 6.21. The van der Waals surface area contributed by atoms with Gasteiger partial charge in [0, 0.05) is 37.2 Å². The molecule has 3 unspecified atom stereocenters. The minimum Gasteiger partial charge on any atom is -0.511 e. The molecule has 0 spiro atoms. The SMILES string of the molecule is CCc1cc(CN2CC=CC2)c(O)c2c1CC1CC3CC(=O)C(C(N)=O)=C(O)C3C(=O)C1=C2O. The largest absolute Gasteiger partial charge is 0.511 e. The fourth-order valence-corrected chi connectivity index (χ4v) is 6.18. The van der Waals surface area contributed by atoms with E-state index in [4.69, 9.17) is 5.73 Å². The molecule has 1 saturated carbocycles. The number of nitrogens with zero attached hydrogens (tertiary/aromatic N) is 1. The van der Waals surface area contributed by atoms with Crippen LogP contribution in [0.4, 0.5) is 0 Å². The predicted octanol–water partition coefficient (Wildman–Crippen LogP) is 2.24. The maximum absolute atomic E-state index is 13.6. The van der Waals surface area contributed by atoms with E-state index in [1.807, 2.05) is 13.0 Å². The Morgan fingerprint density at radius 1 is 1.12 bits per heavy atom. The summed E-state index contributed by atoms with van der Waals surface area (Å²) >= 11 is 0. The zero-order valence-corrected chi connectivity index (χ0v) is 19.0. The third-order valence-electron chi connectivity index (χ3n) is 7.73. The van der Waals surface area contributed by atoms with Gasteiger partial charge in [-0.1, -0.05) is 25.1 Å². The van der Waals surface area contributed by atoms with Crippen molar-refractivity contribution >= 4 is 23.2 Å². The van der Waals surface area contributed by atoms with Crippen molar-refractivity contribution in [1.82, 2.24) is 4.90 Å². The standard InChI is InChI=1S/C26H28N2O6/c1-2-12-7-15(11-28-5-3-4-6-28)22(30)20-16(12)9-13-8-14-10-17(29)21(26(27)34)25(33)19(14)23(31)18(13)24(20)32/h3-4,7,13-14,19,30,32-33H,2,5-6,8-11H2,1H3,(H2,27,34). The Labute approximate surface area is 197 Å². The molecular weight excluding hydrogens is 436 g/mol. The van der Waals surface area contributed by atoms with Crippen LogP contribution in [-0.4, -0.2) is 50.8 Å². The van der Waals surface area contributed by atoms with E-state index in [-0.39, 0.29) is 35.0 Å². The van der Waals surface area contributed by atoms with E-state index in [0.717, 1.165) is 24.2 Å². The van der Waals surface area contributed by atoms with Gasteiger partial charge in [0.15, 0.2) is 11.6 Å². The summed E-state index contributed by atoms with van der Waals surface area (Å²) in [5.41, 5.74) is 7.70. The number of Topliss-reactive ketones (excluding diaryl/α,β-unsaturated/α-hetero) is 2. The Balaban J connectivity index is 1.62. The lowest BCUT2D eigenvalue weighted by Gasteiger charge is -2.41. The number of hydrogen-bond acceptors (Lipinski definition) is 7. The van der Waals surface area contributed by atoms with E-state index in [9.17, 15) is 29.7 Å². The number of primary amides is 1. The molecule has 4 aliphatic rings. The lowest BCUT2D eigenvalue weighted by atomic mass is 9.61. The number of fused-ring (bicyclic) bond motifs is 3. The fraction of sp³-hybridized carbons (Fsp3) is 0.423. The minimum atomic E-state index is -1.10. The van der Waals surface area contributed by atoms with Crippen LogP contribution in [0, 0.1) is 17.8 Å². The highest BCUT2D eigenvalue weighted by Crippen LogP contribution is 2.51. The first-order valence-electron chi connectivity index (χ1n) is 11.7. The second kappa shape index (κ2) is 8.13. The highest BCUT2D eigenvalue weighted by Gasteiger charge is 2.51. The summed E-state index contributed by atoms with van der Waals surface area (Å²) in [6.07, 6.45) is 5.63. The Morgan fingerprint density at radius 3 is 2.47 bits per heavy atom. The second-order valence-electron chi connectivity index (χ2n) is 9.67. The molecule has 1 aromatic carbocycles. The number of aliphatic hydroxyl groups excluding tert-OH is 2. The average Bonchev–Trinajstić information content (AvgIpc) is 3.27. The van der Waals surface area contributed by atoms with Gasteiger partial charge in [-0.3, -0.25) is 19.3 Å². The van der Waals surface area contributed by atoms with E-state index in [1.165, 1.54) is 0 Å². The van der Waals surface area contributed by atoms with Crippen LogP contribution in [0.25, 0.3) is 5.76 Å². The Bertz CT molecular complexity index is 1220. The van der Waals surface area contributed by atoms with Gasteiger partial charge in [0.25, 0.3) is 5.91 Å². The summed E-state index contributed by atoms with van der Waals surface area (Å²) in [4.78, 5) is 39.9. The van der Waals surface area contributed by atoms with Gasteiger partial charge in [-0.15, -0.1) is 0 Å². The molecule has 0 radical (unpaired) electrons. The number of amides is 1. The lowest BCUT2D eigenvalue weighted by molar-refractivity contribution is -0.127. The van der Waals surface area contributed by atoms with Gasteiger partial charge < -0.3 is 21.1 Å². The summed E-state index contributed by atoms with van der Waals surface area (Å²) in [7, 11) is 0. The van der Waals surface area contributed by atoms with Crippen LogP contribution in [-0.2, 0) is 33.8 Å². The van der Waals surface area contributed by atoms with E-state index in [0.29, 0.717) is 31.4 Å². The van der Waals surface area contributed by atoms with Gasteiger partial charge in [-0.25, -0.2) is 0 Å². The maximum atomic E-state index is 13.6. The topological polar surface area (TPSA) is 141 Å². The molecule has 34 heavy (non-hydrogen) atoms. The van der Waals surface area contributed by atoms with Crippen LogP contribution >= 0.6 is 0 Å². The van der Waals surface area contributed by atoms with E-state index in [2.05, 4.69) is 17.1 Å². The number of hydrogen-bond donors (Lipinski definition) is 4. The fourth-order valence-electron chi connectivity index (χ4n) is 6.18. The third-order valence-corrected chi connectivity index (χ3v) is 7.73. The number of aromatic hydroxyl groups is 1. The Hall–Kier alpha value is -3.39. The summed E-state index contributed by atoms with van der Waals surface area (Å²) in [6, 6.07) is 1.98. The van der Waals surface area contributed by atoms with Crippen molar-refractivity contribution in [2.45, 2.75) is 39.2 Å². The molecule has 1 heterocycles. The van der Waals surface area contributed by atoms with Crippen molar-refractivity contribution in [3.63, 3.8) is 0 Å². The molecule has 8 heteroatoms. The van der Waals surface area contributed by atoms with Crippen molar-refractivity contribution in [2.75, 3.05) is 13.1 Å². The number of nitrogens with two attached hydrogens (primary N) is 1. The molecule has 1 amide bonds. The molecule has 3 atom stereocenters. The van der Waals surface area contributed by atoms with Crippen molar-refractivity contribution in [3.05, 3.63) is 57.4 Å².